The van der Waals surface area contributed by atoms with E-state index in [9.17, 15) is 9.59 Å². The lowest BCUT2D eigenvalue weighted by atomic mass is 10.0. The van der Waals surface area contributed by atoms with Gasteiger partial charge in [-0.1, -0.05) is 19.8 Å². The topological polar surface area (TPSA) is 55.8 Å². The van der Waals surface area contributed by atoms with Crippen LogP contribution in [0, 0.1) is 5.92 Å². The highest BCUT2D eigenvalue weighted by Crippen LogP contribution is 2.27. The number of nitrogens with zero attached hydrogens (tertiary/aromatic N) is 1. The second-order valence-corrected chi connectivity index (χ2v) is 4.86. The molecule has 0 spiro atoms. The number of methoxy groups -OCH3 is 1. The van der Waals surface area contributed by atoms with Gasteiger partial charge in [0.25, 0.3) is 0 Å². The molecule has 0 aliphatic carbocycles. The minimum Gasteiger partial charge on any atom is -0.469 e. The first-order chi connectivity index (χ1) is 9.15. The second kappa shape index (κ2) is 8.15. The van der Waals surface area contributed by atoms with Gasteiger partial charge in [0, 0.05) is 0 Å². The molecule has 0 aromatic rings. The molecule has 0 bridgehead atoms. The van der Waals surface area contributed by atoms with Crippen molar-refractivity contribution in [3.8, 4) is 0 Å². The molecule has 5 heteroatoms. The van der Waals surface area contributed by atoms with Crippen molar-refractivity contribution in [1.29, 1.82) is 0 Å². The Morgan fingerprint density at radius 3 is 2.53 bits per heavy atom. The number of esters is 2. The quantitative estimate of drug-likeness (QED) is 0.520. The van der Waals surface area contributed by atoms with Gasteiger partial charge in [-0.3, -0.25) is 14.5 Å². The van der Waals surface area contributed by atoms with Crippen LogP contribution in [0.15, 0.2) is 0 Å². The number of carbonyl (C=O) groups excluding carboxylic acids is 2. The van der Waals surface area contributed by atoms with Crippen LogP contribution in [-0.2, 0) is 19.1 Å². The molecule has 0 saturated carbocycles. The van der Waals surface area contributed by atoms with E-state index in [-0.39, 0.29) is 17.9 Å². The lowest BCUT2D eigenvalue weighted by Gasteiger charge is -2.25. The van der Waals surface area contributed by atoms with Crippen LogP contribution in [0.4, 0.5) is 0 Å². The summed E-state index contributed by atoms with van der Waals surface area (Å²) in [5.41, 5.74) is 0. The first-order valence-corrected chi connectivity index (χ1v) is 7.14. The zero-order valence-electron chi connectivity index (χ0n) is 12.2. The monoisotopic (exact) mass is 271 g/mol. The van der Waals surface area contributed by atoms with Crippen LogP contribution in [0.2, 0.25) is 0 Å². The van der Waals surface area contributed by atoms with E-state index in [1.165, 1.54) is 7.11 Å². The summed E-state index contributed by atoms with van der Waals surface area (Å²) in [5.74, 6) is -0.992. The summed E-state index contributed by atoms with van der Waals surface area (Å²) >= 11 is 0. The number of ether oxygens (including phenoxy) is 2. The fraction of sp³-hybridized carbons (Fsp3) is 0.857. The van der Waals surface area contributed by atoms with E-state index < -0.39 is 6.04 Å². The SMILES string of the molecule is CCCCCN1CCC(C(=O)OC)C1C(=O)OCC. The highest BCUT2D eigenvalue weighted by molar-refractivity contribution is 5.85. The Morgan fingerprint density at radius 1 is 1.21 bits per heavy atom. The third-order valence-electron chi connectivity index (χ3n) is 3.58. The first kappa shape index (κ1) is 16.0. The van der Waals surface area contributed by atoms with Gasteiger partial charge in [-0.25, -0.2) is 0 Å². The third kappa shape index (κ3) is 4.20. The lowest BCUT2D eigenvalue weighted by molar-refractivity contribution is -0.157. The predicted molar refractivity (Wildman–Crippen MR) is 71.6 cm³/mol. The van der Waals surface area contributed by atoms with E-state index in [1.54, 1.807) is 6.92 Å². The van der Waals surface area contributed by atoms with Crippen LogP contribution < -0.4 is 0 Å². The summed E-state index contributed by atoms with van der Waals surface area (Å²) in [5, 5.41) is 0. The Bertz CT molecular complexity index is 306. The van der Waals surface area contributed by atoms with E-state index in [4.69, 9.17) is 9.47 Å². The van der Waals surface area contributed by atoms with Gasteiger partial charge in [0.05, 0.1) is 19.6 Å². The molecule has 0 amide bonds. The molecular formula is C14H25NO4. The van der Waals surface area contributed by atoms with Crippen molar-refractivity contribution in [2.45, 2.75) is 45.6 Å². The maximum absolute atomic E-state index is 12.0. The average molecular weight is 271 g/mol. The first-order valence-electron chi connectivity index (χ1n) is 7.14. The maximum atomic E-state index is 12.0. The Hall–Kier alpha value is -1.10. The fourth-order valence-electron chi connectivity index (χ4n) is 2.61. The maximum Gasteiger partial charge on any atom is 0.324 e. The van der Waals surface area contributed by atoms with Gasteiger partial charge >= 0.3 is 11.9 Å². The van der Waals surface area contributed by atoms with Gasteiger partial charge in [0.1, 0.15) is 6.04 Å². The second-order valence-electron chi connectivity index (χ2n) is 4.86. The molecule has 1 saturated heterocycles. The van der Waals surface area contributed by atoms with Gasteiger partial charge in [0.2, 0.25) is 0 Å². The van der Waals surface area contributed by atoms with Crippen molar-refractivity contribution in [1.82, 2.24) is 4.90 Å². The molecule has 0 aromatic heterocycles. The zero-order chi connectivity index (χ0) is 14.3. The van der Waals surface area contributed by atoms with Crippen LogP contribution >= 0.6 is 0 Å². The van der Waals surface area contributed by atoms with Gasteiger partial charge in [0.15, 0.2) is 0 Å². The molecular weight excluding hydrogens is 246 g/mol. The Balaban J connectivity index is 2.69. The van der Waals surface area contributed by atoms with Crippen molar-refractivity contribution < 1.29 is 19.1 Å². The summed E-state index contributed by atoms with van der Waals surface area (Å²) < 4.78 is 9.89. The molecule has 0 aromatic carbocycles. The highest BCUT2D eigenvalue weighted by atomic mass is 16.5. The molecule has 110 valence electrons. The lowest BCUT2D eigenvalue weighted by Crippen LogP contribution is -2.43. The molecule has 0 radical (unpaired) electrons. The summed E-state index contributed by atoms with van der Waals surface area (Å²) in [6.45, 7) is 5.86. The number of unbranched alkanes of at least 4 members (excludes halogenated alkanes) is 2. The molecule has 2 unspecified atom stereocenters. The molecule has 1 fully saturated rings. The van der Waals surface area contributed by atoms with Crippen LogP contribution in [0.5, 0.6) is 0 Å². The highest BCUT2D eigenvalue weighted by Gasteiger charge is 2.44. The minimum atomic E-state index is -0.468. The number of hydrogen-bond donors (Lipinski definition) is 0. The van der Waals surface area contributed by atoms with Crippen LogP contribution in [0.3, 0.4) is 0 Å². The van der Waals surface area contributed by atoms with E-state index >= 15 is 0 Å². The van der Waals surface area contributed by atoms with E-state index in [1.807, 2.05) is 0 Å². The average Bonchev–Trinajstić information content (AvgIpc) is 2.82. The zero-order valence-corrected chi connectivity index (χ0v) is 12.2. The van der Waals surface area contributed by atoms with Gasteiger partial charge in [-0.05, 0) is 32.9 Å². The standard InChI is InChI=1S/C14H25NO4/c1-4-6-7-9-15-10-8-11(13(16)18-3)12(15)14(17)19-5-2/h11-12H,4-10H2,1-3H3. The van der Waals surface area contributed by atoms with E-state index in [0.717, 1.165) is 32.4 Å². The largest absolute Gasteiger partial charge is 0.469 e. The molecule has 19 heavy (non-hydrogen) atoms. The summed E-state index contributed by atoms with van der Waals surface area (Å²) in [6, 6.07) is -0.468. The Morgan fingerprint density at radius 2 is 1.95 bits per heavy atom. The van der Waals surface area contributed by atoms with Crippen molar-refractivity contribution in [3.05, 3.63) is 0 Å². The van der Waals surface area contributed by atoms with Gasteiger partial charge in [-0.15, -0.1) is 0 Å². The van der Waals surface area contributed by atoms with Crippen LogP contribution in [-0.4, -0.2) is 49.7 Å². The summed E-state index contributed by atoms with van der Waals surface area (Å²) in [6.07, 6.45) is 3.98. The molecule has 1 rings (SSSR count). The number of carbonyl (C=O) groups is 2. The molecule has 1 heterocycles. The van der Waals surface area contributed by atoms with E-state index in [0.29, 0.717) is 13.0 Å². The molecule has 2 atom stereocenters. The van der Waals surface area contributed by atoms with Crippen molar-refractivity contribution in [3.63, 3.8) is 0 Å². The number of likely N-dealkylation sites (tertiary alicyclic amines) is 1. The summed E-state index contributed by atoms with van der Waals surface area (Å²) in [7, 11) is 1.37. The third-order valence-corrected chi connectivity index (χ3v) is 3.58. The minimum absolute atomic E-state index is 0.299. The van der Waals surface area contributed by atoms with Gasteiger partial charge < -0.3 is 9.47 Å². The van der Waals surface area contributed by atoms with Gasteiger partial charge in [-0.2, -0.15) is 0 Å². The smallest absolute Gasteiger partial charge is 0.324 e. The molecule has 0 N–H and O–H groups in total. The van der Waals surface area contributed by atoms with Crippen LogP contribution in [0.1, 0.15) is 39.5 Å². The Kier molecular flexibility index (Phi) is 6.84. The normalized spacial score (nSPS) is 23.3. The van der Waals surface area contributed by atoms with E-state index in [2.05, 4.69) is 11.8 Å². The van der Waals surface area contributed by atoms with Crippen molar-refractivity contribution >= 4 is 11.9 Å². The van der Waals surface area contributed by atoms with Crippen LogP contribution in [0.25, 0.3) is 0 Å². The molecule has 5 nitrogen and oxygen atoms in total. The molecule has 1 aliphatic rings. The Labute approximate surface area is 115 Å². The van der Waals surface area contributed by atoms with Crippen molar-refractivity contribution in [2.75, 3.05) is 26.8 Å². The molecule has 1 aliphatic heterocycles. The fourth-order valence-corrected chi connectivity index (χ4v) is 2.61. The predicted octanol–water partition coefficient (Wildman–Crippen LogP) is 1.60. The van der Waals surface area contributed by atoms with Crippen molar-refractivity contribution in [2.24, 2.45) is 5.92 Å². The summed E-state index contributed by atoms with van der Waals surface area (Å²) in [4.78, 5) is 25.9. The number of rotatable bonds is 7. The number of hydrogen-bond acceptors (Lipinski definition) is 5.